The number of nitrogens with zero attached hydrogens (tertiary/aromatic N) is 1. The van der Waals surface area contributed by atoms with Crippen molar-refractivity contribution < 1.29 is 13.2 Å². The van der Waals surface area contributed by atoms with Crippen LogP contribution in [-0.2, 0) is 16.4 Å². The first-order chi connectivity index (χ1) is 9.96. The third kappa shape index (κ3) is 3.74. The molecule has 0 aliphatic heterocycles. The van der Waals surface area contributed by atoms with Crippen molar-refractivity contribution in [2.75, 3.05) is 11.8 Å². The zero-order valence-corrected chi connectivity index (χ0v) is 14.0. The van der Waals surface area contributed by atoms with Gasteiger partial charge >= 0.3 is 0 Å². The number of hydrogen-bond acceptors (Lipinski definition) is 4. The van der Waals surface area contributed by atoms with E-state index < -0.39 is 10.0 Å². The Morgan fingerprint density at radius 2 is 1.95 bits per heavy atom. The molecule has 1 heterocycles. The minimum atomic E-state index is -3.65. The fraction of sp³-hybridized carbons (Fsp3) is 0.214. The lowest BCUT2D eigenvalue weighted by Crippen LogP contribution is -2.14. The van der Waals surface area contributed by atoms with Gasteiger partial charge in [0, 0.05) is 10.7 Å². The second-order valence-corrected chi connectivity index (χ2v) is 6.88. The Morgan fingerprint density at radius 3 is 2.52 bits per heavy atom. The summed E-state index contributed by atoms with van der Waals surface area (Å²) in [5.74, 6) is 0.604. The van der Waals surface area contributed by atoms with Gasteiger partial charge in [-0.2, -0.15) is 0 Å². The van der Waals surface area contributed by atoms with E-state index in [9.17, 15) is 8.42 Å². The number of hydrogen-bond donors (Lipinski definition) is 1. The average molecular weight is 371 g/mol. The Hall–Kier alpha value is -1.60. The summed E-state index contributed by atoms with van der Waals surface area (Å²) in [6.45, 7) is 1.92. The quantitative estimate of drug-likeness (QED) is 0.876. The van der Waals surface area contributed by atoms with Crippen molar-refractivity contribution in [1.82, 2.24) is 4.98 Å². The number of halogens is 1. The van der Waals surface area contributed by atoms with E-state index in [2.05, 4.69) is 25.6 Å². The van der Waals surface area contributed by atoms with E-state index in [0.29, 0.717) is 28.0 Å². The summed E-state index contributed by atoms with van der Waals surface area (Å²) in [7, 11) is -2.12. The van der Waals surface area contributed by atoms with Gasteiger partial charge in [0.15, 0.2) is 0 Å². The van der Waals surface area contributed by atoms with Crippen LogP contribution in [0.4, 0.5) is 5.69 Å². The normalized spacial score (nSPS) is 11.2. The summed E-state index contributed by atoms with van der Waals surface area (Å²) in [5.41, 5.74) is 1.16. The fourth-order valence-corrected chi connectivity index (χ4v) is 3.21. The number of aryl methyl sites for hydroxylation is 1. The Morgan fingerprint density at radius 1 is 1.29 bits per heavy atom. The molecular formula is C14H15BrN2O3S. The van der Waals surface area contributed by atoms with Crippen LogP contribution in [0, 0.1) is 0 Å². The maximum absolute atomic E-state index is 12.4. The lowest BCUT2D eigenvalue weighted by Gasteiger charge is -2.12. The van der Waals surface area contributed by atoms with Crippen molar-refractivity contribution in [1.29, 1.82) is 0 Å². The topological polar surface area (TPSA) is 68.3 Å². The number of methoxy groups -OCH3 is 1. The summed E-state index contributed by atoms with van der Waals surface area (Å²) in [6.07, 6.45) is 2.28. The molecule has 0 radical (unpaired) electrons. The maximum atomic E-state index is 12.4. The molecule has 2 rings (SSSR count). The van der Waals surface area contributed by atoms with Crippen LogP contribution in [0.3, 0.4) is 0 Å². The molecule has 1 aromatic carbocycles. The van der Waals surface area contributed by atoms with E-state index >= 15 is 0 Å². The second kappa shape index (κ2) is 6.44. The molecule has 1 aromatic heterocycles. The van der Waals surface area contributed by atoms with E-state index in [1.54, 1.807) is 24.4 Å². The van der Waals surface area contributed by atoms with Gasteiger partial charge in [0.1, 0.15) is 5.75 Å². The smallest absolute Gasteiger partial charge is 0.261 e. The minimum Gasteiger partial charge on any atom is -0.497 e. The molecule has 2 aromatic rings. The van der Waals surface area contributed by atoms with Crippen molar-refractivity contribution >= 4 is 31.6 Å². The van der Waals surface area contributed by atoms with Crippen LogP contribution in [0.25, 0.3) is 0 Å². The summed E-state index contributed by atoms with van der Waals surface area (Å²) in [5, 5.41) is 0. The van der Waals surface area contributed by atoms with Gasteiger partial charge in [-0.15, -0.1) is 0 Å². The lowest BCUT2D eigenvalue weighted by atomic mass is 10.2. The highest BCUT2D eigenvalue weighted by Gasteiger charge is 2.16. The molecule has 0 aliphatic rings. The highest BCUT2D eigenvalue weighted by Crippen LogP contribution is 2.23. The molecule has 0 amide bonds. The van der Waals surface area contributed by atoms with Crippen molar-refractivity contribution in [3.63, 3.8) is 0 Å². The van der Waals surface area contributed by atoms with Gasteiger partial charge in [0.05, 0.1) is 23.4 Å². The lowest BCUT2D eigenvalue weighted by molar-refractivity contribution is 0.414. The highest BCUT2D eigenvalue weighted by molar-refractivity contribution is 9.10. The largest absolute Gasteiger partial charge is 0.497 e. The Kier molecular flexibility index (Phi) is 4.84. The van der Waals surface area contributed by atoms with E-state index in [4.69, 9.17) is 4.74 Å². The standard InChI is InChI=1S/C14H15BrN2O3S/c1-3-13-14(8-10(15)9-16-13)17-21(18,19)12-6-4-11(20-2)5-7-12/h4-9,17H,3H2,1-2H3. The fourth-order valence-electron chi connectivity index (χ4n) is 1.80. The Balaban J connectivity index is 2.34. The maximum Gasteiger partial charge on any atom is 0.261 e. The first kappa shape index (κ1) is 15.8. The molecule has 0 fully saturated rings. The first-order valence-corrected chi connectivity index (χ1v) is 8.55. The van der Waals surface area contributed by atoms with Crippen molar-refractivity contribution in [2.24, 2.45) is 0 Å². The first-order valence-electron chi connectivity index (χ1n) is 6.27. The van der Waals surface area contributed by atoms with Gasteiger partial charge in [-0.1, -0.05) is 6.92 Å². The van der Waals surface area contributed by atoms with E-state index in [0.717, 1.165) is 0 Å². The van der Waals surface area contributed by atoms with Crippen molar-refractivity contribution in [3.8, 4) is 5.75 Å². The van der Waals surface area contributed by atoms with Crippen LogP contribution in [0.1, 0.15) is 12.6 Å². The van der Waals surface area contributed by atoms with Crippen LogP contribution in [0.15, 0.2) is 45.9 Å². The molecular weight excluding hydrogens is 356 g/mol. The molecule has 0 atom stereocenters. The zero-order chi connectivity index (χ0) is 15.5. The predicted molar refractivity (Wildman–Crippen MR) is 85.1 cm³/mol. The number of anilines is 1. The molecule has 7 heteroatoms. The number of ether oxygens (including phenoxy) is 1. The van der Waals surface area contributed by atoms with Gasteiger partial charge < -0.3 is 4.74 Å². The molecule has 0 saturated heterocycles. The van der Waals surface area contributed by atoms with Gasteiger partial charge in [0.2, 0.25) is 0 Å². The number of aromatic nitrogens is 1. The van der Waals surface area contributed by atoms with E-state index in [1.807, 2.05) is 6.92 Å². The number of nitrogens with one attached hydrogen (secondary N) is 1. The number of benzene rings is 1. The predicted octanol–water partition coefficient (Wildman–Crippen LogP) is 3.22. The third-order valence-corrected chi connectivity index (χ3v) is 4.70. The molecule has 0 bridgehead atoms. The number of rotatable bonds is 5. The second-order valence-electron chi connectivity index (χ2n) is 4.28. The molecule has 0 aliphatic carbocycles. The Labute approximate surface area is 132 Å². The SMILES string of the molecule is CCc1ncc(Br)cc1NS(=O)(=O)c1ccc(OC)cc1. The minimum absolute atomic E-state index is 0.172. The molecule has 21 heavy (non-hydrogen) atoms. The molecule has 0 unspecified atom stereocenters. The monoisotopic (exact) mass is 370 g/mol. The molecule has 1 N–H and O–H groups in total. The summed E-state index contributed by atoms with van der Waals surface area (Å²) < 4.78 is 33.1. The van der Waals surface area contributed by atoms with Crippen molar-refractivity contribution in [3.05, 3.63) is 46.7 Å². The molecule has 0 saturated carbocycles. The van der Waals surface area contributed by atoms with Crippen LogP contribution >= 0.6 is 15.9 Å². The third-order valence-electron chi connectivity index (χ3n) is 2.89. The highest BCUT2D eigenvalue weighted by atomic mass is 79.9. The summed E-state index contributed by atoms with van der Waals surface area (Å²) in [4.78, 5) is 4.38. The number of pyridine rings is 1. The zero-order valence-electron chi connectivity index (χ0n) is 11.6. The number of sulfonamides is 1. The van der Waals surface area contributed by atoms with E-state index in [-0.39, 0.29) is 4.90 Å². The molecule has 5 nitrogen and oxygen atoms in total. The van der Waals surface area contributed by atoms with Crippen molar-refractivity contribution in [2.45, 2.75) is 18.2 Å². The van der Waals surface area contributed by atoms with Crippen LogP contribution < -0.4 is 9.46 Å². The molecule has 112 valence electrons. The van der Waals surface area contributed by atoms with Crippen LogP contribution in [0.2, 0.25) is 0 Å². The van der Waals surface area contributed by atoms with Crippen LogP contribution in [-0.4, -0.2) is 20.5 Å². The summed E-state index contributed by atoms with van der Waals surface area (Å²) in [6, 6.07) is 7.91. The average Bonchev–Trinajstić information content (AvgIpc) is 2.47. The van der Waals surface area contributed by atoms with Crippen LogP contribution in [0.5, 0.6) is 5.75 Å². The van der Waals surface area contributed by atoms with Gasteiger partial charge in [0.25, 0.3) is 10.0 Å². The Bertz CT molecular complexity index is 730. The van der Waals surface area contributed by atoms with Gasteiger partial charge in [-0.3, -0.25) is 9.71 Å². The summed E-state index contributed by atoms with van der Waals surface area (Å²) >= 11 is 3.29. The van der Waals surface area contributed by atoms with Gasteiger partial charge in [-0.25, -0.2) is 8.42 Å². The molecule has 0 spiro atoms. The van der Waals surface area contributed by atoms with Gasteiger partial charge in [-0.05, 0) is 52.7 Å². The van der Waals surface area contributed by atoms with E-state index in [1.165, 1.54) is 19.2 Å².